The Balaban J connectivity index is 1.44. The molecule has 2 fully saturated rings. The minimum absolute atomic E-state index is 0.832. The van der Waals surface area contributed by atoms with Crippen LogP contribution in [0.4, 0.5) is 0 Å². The van der Waals surface area contributed by atoms with Crippen molar-refractivity contribution in [3.63, 3.8) is 0 Å². The molecule has 0 unspecified atom stereocenters. The molecule has 106 valence electrons. The van der Waals surface area contributed by atoms with E-state index in [-0.39, 0.29) is 0 Å². The van der Waals surface area contributed by atoms with Gasteiger partial charge in [-0.1, -0.05) is 0 Å². The second-order valence-electron chi connectivity index (χ2n) is 5.77. The number of hydrogen-bond acceptors (Lipinski definition) is 5. The van der Waals surface area contributed by atoms with Crippen molar-refractivity contribution in [1.29, 1.82) is 0 Å². The second-order valence-corrected chi connectivity index (χ2v) is 6.75. The van der Waals surface area contributed by atoms with E-state index in [2.05, 4.69) is 32.1 Å². The molecule has 2 saturated heterocycles. The molecule has 4 nitrogen and oxygen atoms in total. The molecule has 0 amide bonds. The van der Waals surface area contributed by atoms with E-state index in [1.165, 1.54) is 57.1 Å². The number of rotatable bonds is 3. The van der Waals surface area contributed by atoms with Gasteiger partial charge in [0.15, 0.2) is 0 Å². The van der Waals surface area contributed by atoms with Gasteiger partial charge >= 0.3 is 0 Å². The predicted molar refractivity (Wildman–Crippen MR) is 79.5 cm³/mol. The monoisotopic (exact) mass is 280 g/mol. The third-order valence-corrected chi connectivity index (χ3v) is 5.22. The lowest BCUT2D eigenvalue weighted by Gasteiger charge is -2.42. The maximum Gasteiger partial charge on any atom is 0.107 e. The Morgan fingerprint density at radius 3 is 2.53 bits per heavy atom. The lowest BCUT2D eigenvalue weighted by Crippen LogP contribution is -2.52. The van der Waals surface area contributed by atoms with E-state index in [0.717, 1.165) is 12.6 Å². The van der Waals surface area contributed by atoms with Crippen LogP contribution in [0.15, 0.2) is 11.6 Å². The second kappa shape index (κ2) is 6.31. The molecule has 3 heterocycles. The fraction of sp³-hybridized carbons (Fsp3) is 0.786. The minimum atomic E-state index is 0.832. The Morgan fingerprint density at radius 1 is 1.16 bits per heavy atom. The van der Waals surface area contributed by atoms with Gasteiger partial charge in [0.2, 0.25) is 0 Å². The van der Waals surface area contributed by atoms with Crippen LogP contribution in [-0.2, 0) is 6.54 Å². The van der Waals surface area contributed by atoms with E-state index in [0.29, 0.717) is 0 Å². The summed E-state index contributed by atoms with van der Waals surface area (Å²) in [6.07, 6.45) is 4.61. The number of piperidine rings is 1. The summed E-state index contributed by atoms with van der Waals surface area (Å²) in [4.78, 5) is 12.1. The van der Waals surface area contributed by atoms with Crippen molar-refractivity contribution < 1.29 is 0 Å². The van der Waals surface area contributed by atoms with Crippen LogP contribution in [0.3, 0.4) is 0 Å². The average molecular weight is 280 g/mol. The molecule has 0 aromatic carbocycles. The molecule has 0 atom stereocenters. The van der Waals surface area contributed by atoms with Crippen LogP contribution in [0.5, 0.6) is 0 Å². The SMILES string of the molecule is CN1CCC(N2CCN(Cc3nccs3)CC2)CC1. The van der Waals surface area contributed by atoms with Crippen molar-refractivity contribution in [2.24, 2.45) is 0 Å². The van der Waals surface area contributed by atoms with Gasteiger partial charge in [-0.15, -0.1) is 11.3 Å². The zero-order valence-electron chi connectivity index (χ0n) is 11.8. The van der Waals surface area contributed by atoms with Crippen molar-refractivity contribution in [3.05, 3.63) is 16.6 Å². The highest BCUT2D eigenvalue weighted by Crippen LogP contribution is 2.18. The molecule has 2 aliphatic rings. The van der Waals surface area contributed by atoms with Crippen molar-refractivity contribution in [2.45, 2.75) is 25.4 Å². The summed E-state index contributed by atoms with van der Waals surface area (Å²) in [5.74, 6) is 0. The maximum absolute atomic E-state index is 4.39. The van der Waals surface area contributed by atoms with Crippen LogP contribution >= 0.6 is 11.3 Å². The Bertz CT molecular complexity index is 365. The fourth-order valence-electron chi connectivity index (χ4n) is 3.17. The Labute approximate surface area is 120 Å². The molecule has 0 saturated carbocycles. The van der Waals surface area contributed by atoms with E-state index in [1.807, 2.05) is 6.20 Å². The number of aromatic nitrogens is 1. The van der Waals surface area contributed by atoms with E-state index < -0.39 is 0 Å². The molecule has 0 N–H and O–H groups in total. The molecule has 1 aromatic rings. The summed E-state index contributed by atoms with van der Waals surface area (Å²) in [5.41, 5.74) is 0. The van der Waals surface area contributed by atoms with E-state index in [1.54, 1.807) is 11.3 Å². The van der Waals surface area contributed by atoms with Crippen LogP contribution < -0.4 is 0 Å². The van der Waals surface area contributed by atoms with Gasteiger partial charge < -0.3 is 4.90 Å². The zero-order chi connectivity index (χ0) is 13.1. The number of hydrogen-bond donors (Lipinski definition) is 0. The van der Waals surface area contributed by atoms with E-state index >= 15 is 0 Å². The fourth-order valence-corrected chi connectivity index (χ4v) is 3.83. The normalized spacial score (nSPS) is 24.9. The smallest absolute Gasteiger partial charge is 0.107 e. The summed E-state index contributed by atoms with van der Waals surface area (Å²) < 4.78 is 0. The summed E-state index contributed by atoms with van der Waals surface area (Å²) >= 11 is 1.77. The third kappa shape index (κ3) is 3.54. The number of likely N-dealkylation sites (tertiary alicyclic amines) is 1. The number of piperazine rings is 1. The topological polar surface area (TPSA) is 22.6 Å². The van der Waals surface area contributed by atoms with Gasteiger partial charge in [-0.3, -0.25) is 9.80 Å². The number of nitrogens with zero attached hydrogens (tertiary/aromatic N) is 4. The summed E-state index contributed by atoms with van der Waals surface area (Å²) in [7, 11) is 2.24. The highest BCUT2D eigenvalue weighted by Gasteiger charge is 2.26. The first-order valence-electron chi connectivity index (χ1n) is 7.34. The highest BCUT2D eigenvalue weighted by molar-refractivity contribution is 7.09. The van der Waals surface area contributed by atoms with Crippen LogP contribution in [0.1, 0.15) is 17.8 Å². The van der Waals surface area contributed by atoms with Gasteiger partial charge in [0.1, 0.15) is 5.01 Å². The molecular weight excluding hydrogens is 256 g/mol. The maximum atomic E-state index is 4.39. The van der Waals surface area contributed by atoms with Gasteiger partial charge in [-0.2, -0.15) is 0 Å². The van der Waals surface area contributed by atoms with Crippen molar-refractivity contribution in [3.8, 4) is 0 Å². The highest BCUT2D eigenvalue weighted by atomic mass is 32.1. The molecule has 19 heavy (non-hydrogen) atoms. The van der Waals surface area contributed by atoms with Crippen molar-refractivity contribution >= 4 is 11.3 Å². The third-order valence-electron chi connectivity index (χ3n) is 4.45. The first kappa shape index (κ1) is 13.5. The zero-order valence-corrected chi connectivity index (χ0v) is 12.6. The quantitative estimate of drug-likeness (QED) is 0.834. The van der Waals surface area contributed by atoms with Crippen LogP contribution in [0.2, 0.25) is 0 Å². The van der Waals surface area contributed by atoms with E-state index in [9.17, 15) is 0 Å². The molecular formula is C14H24N4S. The van der Waals surface area contributed by atoms with Crippen molar-refractivity contribution in [1.82, 2.24) is 19.7 Å². The van der Waals surface area contributed by atoms with Crippen LogP contribution in [-0.4, -0.2) is 72.0 Å². The molecule has 0 radical (unpaired) electrons. The molecule has 1 aromatic heterocycles. The van der Waals surface area contributed by atoms with Crippen molar-refractivity contribution in [2.75, 3.05) is 46.3 Å². The van der Waals surface area contributed by atoms with E-state index in [4.69, 9.17) is 0 Å². The molecule has 0 bridgehead atoms. The molecule has 3 rings (SSSR count). The Morgan fingerprint density at radius 2 is 1.89 bits per heavy atom. The lowest BCUT2D eigenvalue weighted by molar-refractivity contribution is 0.0618. The summed E-state index contributed by atoms with van der Waals surface area (Å²) in [6.45, 7) is 8.45. The largest absolute Gasteiger partial charge is 0.306 e. The average Bonchev–Trinajstić information content (AvgIpc) is 2.94. The minimum Gasteiger partial charge on any atom is -0.306 e. The van der Waals surface area contributed by atoms with Gasteiger partial charge in [0.05, 0.1) is 6.54 Å². The van der Waals surface area contributed by atoms with Gasteiger partial charge in [0, 0.05) is 43.8 Å². The van der Waals surface area contributed by atoms with Crippen LogP contribution in [0, 0.1) is 0 Å². The lowest BCUT2D eigenvalue weighted by atomic mass is 10.0. The Kier molecular flexibility index (Phi) is 4.48. The Hall–Kier alpha value is -0.490. The number of thiazole rings is 1. The van der Waals surface area contributed by atoms with Gasteiger partial charge in [-0.25, -0.2) is 4.98 Å². The molecule has 0 aliphatic carbocycles. The molecule has 0 spiro atoms. The van der Waals surface area contributed by atoms with Gasteiger partial charge in [-0.05, 0) is 33.0 Å². The summed E-state index contributed by atoms with van der Waals surface area (Å²) in [6, 6.07) is 0.832. The van der Waals surface area contributed by atoms with Crippen LogP contribution in [0.25, 0.3) is 0 Å². The standard InChI is InChI=1S/C14H24N4S/c1-16-5-2-13(3-6-16)18-9-7-17(8-10-18)12-14-15-4-11-19-14/h4,11,13H,2-3,5-10,12H2,1H3. The molecule has 2 aliphatic heterocycles. The van der Waals surface area contributed by atoms with Gasteiger partial charge in [0.25, 0.3) is 0 Å². The summed E-state index contributed by atoms with van der Waals surface area (Å²) in [5, 5.41) is 3.33. The first-order chi connectivity index (χ1) is 9.31. The predicted octanol–water partition coefficient (Wildman–Crippen LogP) is 1.35. The molecule has 5 heteroatoms. The first-order valence-corrected chi connectivity index (χ1v) is 8.22.